The van der Waals surface area contributed by atoms with E-state index in [-0.39, 0.29) is 22.5 Å². The van der Waals surface area contributed by atoms with Gasteiger partial charge in [0.2, 0.25) is 5.01 Å². The third kappa shape index (κ3) is 5.67. The Bertz CT molecular complexity index is 1140. The zero-order valence-electron chi connectivity index (χ0n) is 17.3. The second-order valence-corrected chi connectivity index (χ2v) is 8.57. The number of carbonyl (C=O) groups excluding carboxylic acids is 2. The second-order valence-electron chi connectivity index (χ2n) is 7.56. The van der Waals surface area contributed by atoms with E-state index in [1.807, 2.05) is 18.2 Å². The second kappa shape index (κ2) is 9.57. The Morgan fingerprint density at radius 2 is 1.76 bits per heavy atom. The predicted molar refractivity (Wildman–Crippen MR) is 118 cm³/mol. The zero-order chi connectivity index (χ0) is 23.4. The fourth-order valence-corrected chi connectivity index (χ4v) is 4.40. The van der Waals surface area contributed by atoms with Crippen molar-refractivity contribution in [2.24, 2.45) is 0 Å². The van der Waals surface area contributed by atoms with Crippen molar-refractivity contribution in [1.29, 1.82) is 0 Å². The van der Waals surface area contributed by atoms with E-state index in [1.54, 1.807) is 17.0 Å². The van der Waals surface area contributed by atoms with Gasteiger partial charge in [0.1, 0.15) is 5.01 Å². The van der Waals surface area contributed by atoms with Gasteiger partial charge in [-0.1, -0.05) is 35.6 Å². The monoisotopic (exact) mass is 475 g/mol. The van der Waals surface area contributed by atoms with E-state index in [9.17, 15) is 22.8 Å². The van der Waals surface area contributed by atoms with Crippen LogP contribution >= 0.6 is 11.3 Å². The number of anilines is 2. The molecule has 1 atom stereocenters. The van der Waals surface area contributed by atoms with Crippen LogP contribution in [0.3, 0.4) is 0 Å². The summed E-state index contributed by atoms with van der Waals surface area (Å²) in [5.74, 6) is -0.471. The average Bonchev–Trinajstić information content (AvgIpc) is 3.30. The number of nitrogens with one attached hydrogen (secondary N) is 2. The van der Waals surface area contributed by atoms with Crippen molar-refractivity contribution < 1.29 is 22.8 Å². The van der Waals surface area contributed by atoms with Crippen molar-refractivity contribution in [1.82, 2.24) is 15.1 Å². The number of urea groups is 1. The molecule has 3 amide bonds. The fraction of sp³-hybridized carbons (Fsp3) is 0.273. The summed E-state index contributed by atoms with van der Waals surface area (Å²) < 4.78 is 38.7. The average molecular weight is 475 g/mol. The SMILES string of the molecule is O=C(Nc1ccccc1)c1nnc([C@@H]2CCCN(C(=O)Nc3cccc(C(F)(F)F)c3)C2)s1. The van der Waals surface area contributed by atoms with Crippen LogP contribution in [0.1, 0.15) is 39.1 Å². The quantitative estimate of drug-likeness (QED) is 0.542. The number of hydrogen-bond donors (Lipinski definition) is 2. The largest absolute Gasteiger partial charge is 0.416 e. The summed E-state index contributed by atoms with van der Waals surface area (Å²) in [7, 11) is 0. The zero-order valence-corrected chi connectivity index (χ0v) is 18.1. The molecule has 4 rings (SSSR count). The summed E-state index contributed by atoms with van der Waals surface area (Å²) in [6.45, 7) is 0.807. The van der Waals surface area contributed by atoms with Gasteiger partial charge in [-0.3, -0.25) is 4.79 Å². The minimum absolute atomic E-state index is 0.0766. The van der Waals surface area contributed by atoms with Crippen LogP contribution in [0.2, 0.25) is 0 Å². The molecule has 33 heavy (non-hydrogen) atoms. The van der Waals surface area contributed by atoms with Crippen molar-refractivity contribution in [2.75, 3.05) is 23.7 Å². The molecule has 0 unspecified atom stereocenters. The summed E-state index contributed by atoms with van der Waals surface area (Å²) in [5, 5.41) is 14.3. The number of halogens is 3. The first-order valence-electron chi connectivity index (χ1n) is 10.2. The number of aromatic nitrogens is 2. The Kier molecular flexibility index (Phi) is 6.59. The van der Waals surface area contributed by atoms with Crippen LogP contribution < -0.4 is 10.6 Å². The number of piperidine rings is 1. The molecule has 2 N–H and O–H groups in total. The molecule has 0 radical (unpaired) electrons. The van der Waals surface area contributed by atoms with Crippen LogP contribution in [0.5, 0.6) is 0 Å². The minimum atomic E-state index is -4.49. The van der Waals surface area contributed by atoms with Gasteiger partial charge < -0.3 is 15.5 Å². The number of hydrogen-bond acceptors (Lipinski definition) is 5. The number of amides is 3. The van der Waals surface area contributed by atoms with E-state index in [0.717, 1.165) is 18.6 Å². The van der Waals surface area contributed by atoms with E-state index in [4.69, 9.17) is 0 Å². The van der Waals surface area contributed by atoms with Gasteiger partial charge in [0.15, 0.2) is 0 Å². The molecule has 2 heterocycles. The van der Waals surface area contributed by atoms with Crippen molar-refractivity contribution in [3.63, 3.8) is 0 Å². The molecule has 2 aromatic carbocycles. The van der Waals surface area contributed by atoms with Crippen LogP contribution in [-0.2, 0) is 6.18 Å². The number of para-hydroxylation sites is 1. The number of benzene rings is 2. The lowest BCUT2D eigenvalue weighted by atomic mass is 9.99. The Balaban J connectivity index is 1.39. The first-order valence-corrected chi connectivity index (χ1v) is 11.0. The lowest BCUT2D eigenvalue weighted by Gasteiger charge is -2.31. The molecule has 7 nitrogen and oxygen atoms in total. The van der Waals surface area contributed by atoms with Crippen LogP contribution in [0.15, 0.2) is 54.6 Å². The lowest BCUT2D eigenvalue weighted by Crippen LogP contribution is -2.41. The molecular weight excluding hydrogens is 455 g/mol. The first-order chi connectivity index (χ1) is 15.8. The molecule has 1 aromatic heterocycles. The van der Waals surface area contributed by atoms with Crippen LogP contribution in [-0.4, -0.2) is 40.1 Å². The molecule has 1 aliphatic heterocycles. The number of rotatable bonds is 4. The van der Waals surface area contributed by atoms with Gasteiger partial charge in [-0.05, 0) is 43.2 Å². The van der Waals surface area contributed by atoms with E-state index in [0.29, 0.717) is 30.2 Å². The minimum Gasteiger partial charge on any atom is -0.324 e. The molecule has 3 aromatic rings. The van der Waals surface area contributed by atoms with E-state index in [2.05, 4.69) is 20.8 Å². The molecule has 0 aliphatic carbocycles. The highest BCUT2D eigenvalue weighted by Gasteiger charge is 2.31. The van der Waals surface area contributed by atoms with Crippen LogP contribution in [0.25, 0.3) is 0 Å². The van der Waals surface area contributed by atoms with Gasteiger partial charge in [0, 0.05) is 30.4 Å². The Morgan fingerprint density at radius 1 is 1.00 bits per heavy atom. The Morgan fingerprint density at radius 3 is 2.52 bits per heavy atom. The number of nitrogens with zero attached hydrogens (tertiary/aromatic N) is 3. The summed E-state index contributed by atoms with van der Waals surface area (Å²) in [4.78, 5) is 26.6. The predicted octanol–water partition coefficient (Wildman–Crippen LogP) is 5.22. The molecule has 0 saturated carbocycles. The third-order valence-electron chi connectivity index (χ3n) is 5.17. The van der Waals surface area contributed by atoms with Gasteiger partial charge in [0.25, 0.3) is 5.91 Å². The van der Waals surface area contributed by atoms with Crippen molar-refractivity contribution in [3.05, 3.63) is 70.2 Å². The van der Waals surface area contributed by atoms with Gasteiger partial charge >= 0.3 is 12.2 Å². The van der Waals surface area contributed by atoms with Crippen LogP contribution in [0, 0.1) is 0 Å². The molecule has 1 fully saturated rings. The van der Waals surface area contributed by atoms with Gasteiger partial charge in [0.05, 0.1) is 5.56 Å². The molecule has 1 saturated heterocycles. The van der Waals surface area contributed by atoms with Crippen molar-refractivity contribution in [3.8, 4) is 0 Å². The smallest absolute Gasteiger partial charge is 0.324 e. The number of carbonyl (C=O) groups is 2. The lowest BCUT2D eigenvalue weighted by molar-refractivity contribution is -0.137. The summed E-state index contributed by atoms with van der Waals surface area (Å²) in [6.07, 6.45) is -3.02. The summed E-state index contributed by atoms with van der Waals surface area (Å²) in [5.41, 5.74) is -0.103. The normalized spacial score (nSPS) is 16.3. The first kappa shape index (κ1) is 22.7. The number of alkyl halides is 3. The molecule has 11 heteroatoms. The highest BCUT2D eigenvalue weighted by molar-refractivity contribution is 7.13. The van der Waals surface area contributed by atoms with Gasteiger partial charge in [-0.25, -0.2) is 4.79 Å². The highest BCUT2D eigenvalue weighted by Crippen LogP contribution is 2.32. The van der Waals surface area contributed by atoms with Crippen LogP contribution in [0.4, 0.5) is 29.3 Å². The summed E-state index contributed by atoms with van der Waals surface area (Å²) in [6, 6.07) is 13.0. The number of likely N-dealkylation sites (tertiary alicyclic amines) is 1. The Labute approximate surface area is 191 Å². The molecule has 1 aliphatic rings. The van der Waals surface area contributed by atoms with Crippen molar-refractivity contribution in [2.45, 2.75) is 24.9 Å². The maximum Gasteiger partial charge on any atom is 0.416 e. The van der Waals surface area contributed by atoms with E-state index >= 15 is 0 Å². The molecular formula is C22H20F3N5O2S. The maximum atomic E-state index is 12.9. The Hall–Kier alpha value is -3.47. The van der Waals surface area contributed by atoms with Gasteiger partial charge in [-0.2, -0.15) is 13.2 Å². The standard InChI is InChI=1S/C22H20F3N5O2S/c23-22(24,25)15-7-4-10-17(12-15)27-21(32)30-11-5-6-14(13-30)19-28-29-20(33-19)18(31)26-16-8-2-1-3-9-16/h1-4,7-10,12,14H,5-6,11,13H2,(H,26,31)(H,27,32)/t14-/m1/s1. The maximum absolute atomic E-state index is 12.9. The summed E-state index contributed by atoms with van der Waals surface area (Å²) >= 11 is 1.17. The molecule has 172 valence electrons. The fourth-order valence-electron chi connectivity index (χ4n) is 3.54. The van der Waals surface area contributed by atoms with Gasteiger partial charge in [-0.15, -0.1) is 10.2 Å². The third-order valence-corrected chi connectivity index (χ3v) is 6.25. The topological polar surface area (TPSA) is 87.2 Å². The molecule has 0 spiro atoms. The molecule has 0 bridgehead atoms. The van der Waals surface area contributed by atoms with Crippen molar-refractivity contribution >= 4 is 34.6 Å². The highest BCUT2D eigenvalue weighted by atomic mass is 32.1. The van der Waals surface area contributed by atoms with E-state index in [1.165, 1.54) is 23.5 Å². The van der Waals surface area contributed by atoms with E-state index < -0.39 is 17.8 Å².